The molecule has 0 radical (unpaired) electrons. The second kappa shape index (κ2) is 14.6. The molecule has 4 atom stereocenters. The highest BCUT2D eigenvalue weighted by atomic mass is 16.1. The van der Waals surface area contributed by atoms with Gasteiger partial charge in [-0.15, -0.1) is 0 Å². The van der Waals surface area contributed by atoms with Gasteiger partial charge < -0.3 is 32.7 Å². The van der Waals surface area contributed by atoms with Crippen LogP contribution in [0.1, 0.15) is 24.0 Å². The predicted molar refractivity (Wildman–Crippen MR) is 186 cm³/mol. The van der Waals surface area contributed by atoms with E-state index in [9.17, 15) is 9.59 Å². The zero-order valence-electron chi connectivity index (χ0n) is 26.8. The number of nitrogens with two attached hydrogens (primary N) is 4. The van der Waals surface area contributed by atoms with E-state index in [0.717, 1.165) is 76.3 Å². The van der Waals surface area contributed by atoms with Gasteiger partial charge in [-0.3, -0.25) is 9.13 Å². The number of anilines is 2. The summed E-state index contributed by atoms with van der Waals surface area (Å²) in [6.45, 7) is 6.55. The Morgan fingerprint density at radius 1 is 0.681 bits per heavy atom. The summed E-state index contributed by atoms with van der Waals surface area (Å²) in [4.78, 5) is 37.4. The number of piperidine rings is 2. The molecule has 0 amide bonds. The SMILES string of the molecule is NCC1CC(C2CC(N)CN(CCc3ccc(-n4ccc(N)nc4=O)cc3)C2)CN(CCc2cccc(-n3ccc(N)nc3=O)c2)C1. The highest BCUT2D eigenvalue weighted by Gasteiger charge is 2.35. The van der Waals surface area contributed by atoms with E-state index in [0.29, 0.717) is 24.3 Å². The van der Waals surface area contributed by atoms with E-state index in [-0.39, 0.29) is 29.1 Å². The molecule has 47 heavy (non-hydrogen) atoms. The molecule has 2 fully saturated rings. The largest absolute Gasteiger partial charge is 0.383 e. The van der Waals surface area contributed by atoms with E-state index in [1.54, 1.807) is 24.5 Å². The molecule has 12 nitrogen and oxygen atoms in total. The normalized spacial score (nSPS) is 22.3. The quantitative estimate of drug-likeness (QED) is 0.198. The van der Waals surface area contributed by atoms with Gasteiger partial charge in [-0.1, -0.05) is 24.3 Å². The minimum absolute atomic E-state index is 0.154. The van der Waals surface area contributed by atoms with Crippen LogP contribution in [0, 0.1) is 17.8 Å². The van der Waals surface area contributed by atoms with Crippen molar-refractivity contribution in [1.82, 2.24) is 28.9 Å². The van der Waals surface area contributed by atoms with Gasteiger partial charge in [0.2, 0.25) is 0 Å². The maximum Gasteiger partial charge on any atom is 0.354 e. The molecule has 2 aliphatic heterocycles. The summed E-state index contributed by atoms with van der Waals surface area (Å²) in [5, 5.41) is 0. The first kappa shape index (κ1) is 32.6. The molecule has 0 bridgehead atoms. The van der Waals surface area contributed by atoms with Crippen LogP contribution in [0.25, 0.3) is 11.4 Å². The number of hydrogen-bond donors (Lipinski definition) is 4. The predicted octanol–water partition coefficient (Wildman–Crippen LogP) is 1.27. The zero-order chi connectivity index (χ0) is 32.9. The van der Waals surface area contributed by atoms with Crippen molar-refractivity contribution in [3.63, 3.8) is 0 Å². The fraction of sp³-hybridized carbons (Fsp3) is 0.429. The Hall–Kier alpha value is -4.36. The lowest BCUT2D eigenvalue weighted by molar-refractivity contribution is 0.0500. The Bertz CT molecular complexity index is 1770. The van der Waals surface area contributed by atoms with Gasteiger partial charge >= 0.3 is 11.4 Å². The highest BCUT2D eigenvalue weighted by Crippen LogP contribution is 2.33. The van der Waals surface area contributed by atoms with Gasteiger partial charge in [-0.2, -0.15) is 9.97 Å². The molecule has 4 aromatic rings. The molecule has 4 heterocycles. The van der Waals surface area contributed by atoms with Gasteiger partial charge in [0.15, 0.2) is 0 Å². The van der Waals surface area contributed by atoms with Crippen LogP contribution in [-0.2, 0) is 12.8 Å². The van der Waals surface area contributed by atoms with Crippen LogP contribution in [-0.4, -0.2) is 80.8 Å². The Morgan fingerprint density at radius 2 is 1.28 bits per heavy atom. The average molecular weight is 639 g/mol. The molecule has 2 aliphatic rings. The van der Waals surface area contributed by atoms with Crippen LogP contribution in [0.15, 0.2) is 82.6 Å². The van der Waals surface area contributed by atoms with Crippen LogP contribution in [0.2, 0.25) is 0 Å². The van der Waals surface area contributed by atoms with Gasteiger partial charge in [-0.05, 0) is 97.5 Å². The smallest absolute Gasteiger partial charge is 0.354 e. The highest BCUT2D eigenvalue weighted by molar-refractivity contribution is 5.38. The minimum atomic E-state index is -0.386. The number of benzene rings is 2. The standard InChI is InChI=1S/C35H46N10O2/c36-19-26-16-27(21-42(20-26)13-9-25-2-1-3-31(17-25)45-15-11-33(39)41-35(45)47)28-18-29(37)23-43(22-28)12-8-24-4-6-30(7-5-24)44-14-10-32(38)40-34(44)46/h1-7,10-11,14-15,17,26-29H,8-9,12-13,16,18-23,36-37H2,(H2,38,40,46)(H2,39,41,47). The number of aromatic nitrogens is 4. The molecule has 6 rings (SSSR count). The van der Waals surface area contributed by atoms with Crippen LogP contribution < -0.4 is 34.3 Å². The fourth-order valence-electron chi connectivity index (χ4n) is 7.33. The Balaban J connectivity index is 1.05. The molecule has 4 unspecified atom stereocenters. The van der Waals surface area contributed by atoms with Crippen molar-refractivity contribution < 1.29 is 0 Å². The van der Waals surface area contributed by atoms with Crippen LogP contribution in [0.3, 0.4) is 0 Å². The first-order valence-electron chi connectivity index (χ1n) is 16.5. The summed E-state index contributed by atoms with van der Waals surface area (Å²) in [5.74, 6) is 1.97. The van der Waals surface area contributed by atoms with E-state index in [1.165, 1.54) is 20.3 Å². The summed E-state index contributed by atoms with van der Waals surface area (Å²) in [6, 6.07) is 19.5. The van der Waals surface area contributed by atoms with Gasteiger partial charge in [0, 0.05) is 57.7 Å². The fourth-order valence-corrected chi connectivity index (χ4v) is 7.33. The molecule has 0 saturated carbocycles. The Morgan fingerprint density at radius 3 is 1.91 bits per heavy atom. The van der Waals surface area contributed by atoms with E-state index in [2.05, 4.69) is 44.0 Å². The molecule has 2 aromatic heterocycles. The molecular formula is C35H46N10O2. The minimum Gasteiger partial charge on any atom is -0.383 e. The first-order valence-corrected chi connectivity index (χ1v) is 16.5. The number of likely N-dealkylation sites (tertiary alicyclic amines) is 2. The summed E-state index contributed by atoms with van der Waals surface area (Å²) in [6.07, 6.45) is 7.29. The lowest BCUT2D eigenvalue weighted by Crippen LogP contribution is -2.53. The number of hydrogen-bond acceptors (Lipinski definition) is 10. The topological polar surface area (TPSA) is 180 Å². The van der Waals surface area contributed by atoms with E-state index in [4.69, 9.17) is 22.9 Å². The molecule has 0 spiro atoms. The summed E-state index contributed by atoms with van der Waals surface area (Å²) in [7, 11) is 0. The Labute approximate surface area is 275 Å². The maximum atomic E-state index is 12.4. The number of nitrogens with zero attached hydrogens (tertiary/aromatic N) is 6. The lowest BCUT2D eigenvalue weighted by Gasteiger charge is -2.45. The van der Waals surface area contributed by atoms with E-state index >= 15 is 0 Å². The molecular weight excluding hydrogens is 592 g/mol. The average Bonchev–Trinajstić information content (AvgIpc) is 3.06. The van der Waals surface area contributed by atoms with Crippen LogP contribution in [0.4, 0.5) is 11.6 Å². The van der Waals surface area contributed by atoms with E-state index < -0.39 is 0 Å². The lowest BCUT2D eigenvalue weighted by atomic mass is 9.76. The van der Waals surface area contributed by atoms with Gasteiger partial charge in [0.1, 0.15) is 11.6 Å². The van der Waals surface area contributed by atoms with Gasteiger partial charge in [0.05, 0.1) is 11.4 Å². The van der Waals surface area contributed by atoms with Crippen molar-refractivity contribution in [3.8, 4) is 11.4 Å². The summed E-state index contributed by atoms with van der Waals surface area (Å²) >= 11 is 0. The summed E-state index contributed by atoms with van der Waals surface area (Å²) in [5.41, 5.74) is 27.4. The first-order chi connectivity index (χ1) is 22.7. The van der Waals surface area contributed by atoms with Crippen molar-refractivity contribution in [2.45, 2.75) is 31.7 Å². The van der Waals surface area contributed by atoms with Crippen molar-refractivity contribution in [1.29, 1.82) is 0 Å². The summed E-state index contributed by atoms with van der Waals surface area (Å²) < 4.78 is 3.02. The third-order valence-electron chi connectivity index (χ3n) is 9.72. The molecule has 12 heteroatoms. The molecule has 0 aliphatic carbocycles. The van der Waals surface area contributed by atoms with Crippen molar-refractivity contribution in [2.75, 3.05) is 57.3 Å². The molecule has 248 valence electrons. The van der Waals surface area contributed by atoms with Gasteiger partial charge in [0.25, 0.3) is 0 Å². The molecule has 8 N–H and O–H groups in total. The van der Waals surface area contributed by atoms with Crippen molar-refractivity contribution in [3.05, 3.63) is 105 Å². The van der Waals surface area contributed by atoms with E-state index in [1.807, 2.05) is 24.3 Å². The van der Waals surface area contributed by atoms with Crippen LogP contribution in [0.5, 0.6) is 0 Å². The third-order valence-corrected chi connectivity index (χ3v) is 9.72. The van der Waals surface area contributed by atoms with Crippen LogP contribution >= 0.6 is 0 Å². The number of rotatable bonds is 10. The second-order valence-corrected chi connectivity index (χ2v) is 13.2. The molecule has 2 saturated heterocycles. The zero-order valence-corrected chi connectivity index (χ0v) is 26.8. The Kier molecular flexibility index (Phi) is 10.1. The monoisotopic (exact) mass is 638 g/mol. The van der Waals surface area contributed by atoms with Gasteiger partial charge in [-0.25, -0.2) is 9.59 Å². The second-order valence-electron chi connectivity index (χ2n) is 13.2. The van der Waals surface area contributed by atoms with Crippen molar-refractivity contribution >= 4 is 11.6 Å². The maximum absolute atomic E-state index is 12.4. The molecule has 2 aromatic carbocycles. The number of nitrogen functional groups attached to an aromatic ring is 2. The van der Waals surface area contributed by atoms with Crippen molar-refractivity contribution in [2.24, 2.45) is 29.2 Å². The third kappa shape index (κ3) is 8.14.